The summed E-state index contributed by atoms with van der Waals surface area (Å²) in [6.45, 7) is 4.76. The van der Waals surface area contributed by atoms with Crippen LogP contribution in [0.2, 0.25) is 0 Å². The van der Waals surface area contributed by atoms with Crippen LogP contribution in [0, 0.1) is 0 Å². The van der Waals surface area contributed by atoms with E-state index < -0.39 is 5.60 Å². The minimum Gasteiger partial charge on any atom is -0.367 e. The predicted octanol–water partition coefficient (Wildman–Crippen LogP) is 4.56. The van der Waals surface area contributed by atoms with Crippen molar-refractivity contribution >= 4 is 5.78 Å². The lowest BCUT2D eigenvalue weighted by Crippen LogP contribution is -2.43. The Kier molecular flexibility index (Phi) is 5.36. The van der Waals surface area contributed by atoms with Gasteiger partial charge >= 0.3 is 0 Å². The molecule has 1 aromatic rings. The van der Waals surface area contributed by atoms with Crippen molar-refractivity contribution in [3.05, 3.63) is 35.4 Å². The van der Waals surface area contributed by atoms with Crippen molar-refractivity contribution < 1.29 is 9.53 Å². The summed E-state index contributed by atoms with van der Waals surface area (Å²) in [5.74, 6) is 0.182. The molecule has 0 saturated heterocycles. The van der Waals surface area contributed by atoms with Crippen LogP contribution in [0.3, 0.4) is 0 Å². The maximum atomic E-state index is 12.9. The Bertz CT molecular complexity index is 422. The van der Waals surface area contributed by atoms with E-state index in [9.17, 15) is 4.79 Å². The molecule has 20 heavy (non-hydrogen) atoms. The number of ketones is 1. The van der Waals surface area contributed by atoms with Gasteiger partial charge in [0.2, 0.25) is 0 Å². The van der Waals surface area contributed by atoms with Crippen molar-refractivity contribution in [3.63, 3.8) is 0 Å². The highest BCUT2D eigenvalue weighted by Gasteiger charge is 2.40. The zero-order valence-electron chi connectivity index (χ0n) is 12.8. The third-order valence-corrected chi connectivity index (χ3v) is 4.25. The third kappa shape index (κ3) is 3.29. The number of hydrogen-bond acceptors (Lipinski definition) is 2. The fourth-order valence-corrected chi connectivity index (χ4v) is 3.21. The smallest absolute Gasteiger partial charge is 0.194 e. The number of rotatable bonds is 6. The first kappa shape index (κ1) is 15.2. The van der Waals surface area contributed by atoms with Crippen LogP contribution in [0.25, 0.3) is 0 Å². The van der Waals surface area contributed by atoms with Crippen LogP contribution < -0.4 is 0 Å². The molecule has 0 heterocycles. The van der Waals surface area contributed by atoms with Crippen molar-refractivity contribution in [2.45, 2.75) is 64.4 Å². The van der Waals surface area contributed by atoms with Crippen molar-refractivity contribution in [3.8, 4) is 0 Å². The van der Waals surface area contributed by atoms with Gasteiger partial charge in [0.05, 0.1) is 0 Å². The Hall–Kier alpha value is -1.15. The van der Waals surface area contributed by atoms with E-state index >= 15 is 0 Å². The number of carbonyl (C=O) groups excluding carboxylic acids is 1. The summed E-state index contributed by atoms with van der Waals surface area (Å²) >= 11 is 0. The third-order valence-electron chi connectivity index (χ3n) is 4.25. The maximum Gasteiger partial charge on any atom is 0.194 e. The normalized spacial score (nSPS) is 17.9. The molecule has 110 valence electrons. The minimum atomic E-state index is -0.556. The number of carbonyl (C=O) groups is 1. The van der Waals surface area contributed by atoms with Gasteiger partial charge in [-0.05, 0) is 31.7 Å². The Morgan fingerprint density at radius 1 is 1.10 bits per heavy atom. The Balaban J connectivity index is 2.18. The second-order valence-corrected chi connectivity index (χ2v) is 5.76. The molecule has 1 fully saturated rings. The van der Waals surface area contributed by atoms with E-state index in [4.69, 9.17) is 4.74 Å². The quantitative estimate of drug-likeness (QED) is 0.711. The number of ether oxygens (including phenoxy) is 1. The van der Waals surface area contributed by atoms with Crippen LogP contribution >= 0.6 is 0 Å². The average molecular weight is 274 g/mol. The molecule has 0 amide bonds. The second kappa shape index (κ2) is 7.03. The molecule has 2 nitrogen and oxygen atoms in total. The molecule has 0 atom stereocenters. The first-order chi connectivity index (χ1) is 9.72. The van der Waals surface area contributed by atoms with Gasteiger partial charge in [0.25, 0.3) is 0 Å². The van der Waals surface area contributed by atoms with E-state index in [1.165, 1.54) is 12.0 Å². The molecule has 2 heteroatoms. The van der Waals surface area contributed by atoms with Gasteiger partial charge in [-0.1, -0.05) is 56.9 Å². The zero-order chi connectivity index (χ0) is 14.4. The molecule has 0 radical (unpaired) electrons. The first-order valence-electron chi connectivity index (χ1n) is 7.99. The van der Waals surface area contributed by atoms with Crippen LogP contribution in [0.5, 0.6) is 0 Å². The summed E-state index contributed by atoms with van der Waals surface area (Å²) in [6, 6.07) is 8.11. The fraction of sp³-hybridized carbons (Fsp3) is 0.611. The van der Waals surface area contributed by atoms with Gasteiger partial charge in [0.1, 0.15) is 5.60 Å². The molecule has 2 rings (SSSR count). The van der Waals surface area contributed by atoms with Gasteiger partial charge in [0, 0.05) is 12.2 Å². The highest BCUT2D eigenvalue weighted by molar-refractivity contribution is 6.02. The number of hydrogen-bond donors (Lipinski definition) is 0. The Morgan fingerprint density at radius 2 is 1.75 bits per heavy atom. The van der Waals surface area contributed by atoms with E-state index in [1.54, 1.807) is 0 Å². The van der Waals surface area contributed by atoms with E-state index in [-0.39, 0.29) is 5.78 Å². The second-order valence-electron chi connectivity index (χ2n) is 5.76. The van der Waals surface area contributed by atoms with Crippen molar-refractivity contribution in [1.82, 2.24) is 0 Å². The van der Waals surface area contributed by atoms with E-state index in [0.717, 1.165) is 44.1 Å². The fourth-order valence-electron chi connectivity index (χ4n) is 3.21. The Morgan fingerprint density at radius 3 is 2.30 bits per heavy atom. The van der Waals surface area contributed by atoms with Gasteiger partial charge in [-0.25, -0.2) is 0 Å². The van der Waals surface area contributed by atoms with Gasteiger partial charge in [0.15, 0.2) is 5.78 Å². The average Bonchev–Trinajstić information content (AvgIpc) is 2.49. The number of aryl methyl sites for hydroxylation is 1. The summed E-state index contributed by atoms with van der Waals surface area (Å²) in [7, 11) is 0. The van der Waals surface area contributed by atoms with Crippen molar-refractivity contribution in [2.24, 2.45) is 0 Å². The molecule has 0 N–H and O–H groups in total. The van der Waals surface area contributed by atoms with Gasteiger partial charge in [-0.15, -0.1) is 0 Å². The molecular formula is C18H26O2. The van der Waals surface area contributed by atoms with E-state index in [0.29, 0.717) is 6.61 Å². The molecule has 0 bridgehead atoms. The monoisotopic (exact) mass is 274 g/mol. The maximum absolute atomic E-state index is 12.9. The van der Waals surface area contributed by atoms with Gasteiger partial charge < -0.3 is 4.74 Å². The molecule has 1 aliphatic carbocycles. The molecule has 0 aliphatic heterocycles. The summed E-state index contributed by atoms with van der Waals surface area (Å²) in [5.41, 5.74) is 1.55. The number of Topliss-reactive ketones (excluding diaryl/α,β-unsaturated/α-hetero) is 1. The lowest BCUT2D eigenvalue weighted by atomic mass is 9.79. The minimum absolute atomic E-state index is 0.182. The lowest BCUT2D eigenvalue weighted by Gasteiger charge is -2.35. The molecule has 1 saturated carbocycles. The lowest BCUT2D eigenvalue weighted by molar-refractivity contribution is -0.0411. The topological polar surface area (TPSA) is 26.3 Å². The van der Waals surface area contributed by atoms with Crippen LogP contribution in [-0.4, -0.2) is 18.0 Å². The van der Waals surface area contributed by atoms with Crippen molar-refractivity contribution in [2.75, 3.05) is 6.61 Å². The van der Waals surface area contributed by atoms with Crippen LogP contribution in [0.1, 0.15) is 68.3 Å². The first-order valence-corrected chi connectivity index (χ1v) is 7.99. The van der Waals surface area contributed by atoms with Crippen molar-refractivity contribution in [1.29, 1.82) is 0 Å². The van der Waals surface area contributed by atoms with Gasteiger partial charge in [-0.2, -0.15) is 0 Å². The molecule has 1 aliphatic rings. The van der Waals surface area contributed by atoms with E-state index in [1.807, 2.05) is 19.1 Å². The van der Waals surface area contributed by atoms with E-state index in [2.05, 4.69) is 19.1 Å². The summed E-state index contributed by atoms with van der Waals surface area (Å²) in [6.07, 6.45) is 7.37. The molecule has 0 unspecified atom stereocenters. The molecule has 0 spiro atoms. The highest BCUT2D eigenvalue weighted by atomic mass is 16.5. The zero-order valence-corrected chi connectivity index (χ0v) is 12.8. The summed E-state index contributed by atoms with van der Waals surface area (Å²) in [5, 5.41) is 0. The Labute approximate surface area is 122 Å². The molecular weight excluding hydrogens is 248 g/mol. The highest BCUT2D eigenvalue weighted by Crippen LogP contribution is 2.34. The van der Waals surface area contributed by atoms with Crippen LogP contribution in [0.15, 0.2) is 24.3 Å². The largest absolute Gasteiger partial charge is 0.367 e. The molecule has 1 aromatic carbocycles. The predicted molar refractivity (Wildman–Crippen MR) is 82.2 cm³/mol. The van der Waals surface area contributed by atoms with Crippen LogP contribution in [0.4, 0.5) is 0 Å². The SMILES string of the molecule is CCCc1ccc(C(=O)C2(OCC)CCCCC2)cc1. The molecule has 0 aromatic heterocycles. The van der Waals surface area contributed by atoms with Gasteiger partial charge in [-0.3, -0.25) is 4.79 Å². The van der Waals surface area contributed by atoms with Crippen LogP contribution in [-0.2, 0) is 11.2 Å². The number of benzene rings is 1. The summed E-state index contributed by atoms with van der Waals surface area (Å²) in [4.78, 5) is 12.9. The standard InChI is InChI=1S/C18H26O2/c1-3-8-15-9-11-16(12-10-15)17(19)18(20-4-2)13-6-5-7-14-18/h9-12H,3-8,13-14H2,1-2H3. The summed E-state index contributed by atoms with van der Waals surface area (Å²) < 4.78 is 5.91.